The molecular formula is C38H54I2O2. The Hall–Kier alpha value is -0.760. The van der Waals surface area contributed by atoms with Crippen molar-refractivity contribution < 1.29 is 9.59 Å². The number of aryl methyl sites for hydroxylation is 2. The highest BCUT2D eigenvalue weighted by atomic mass is 127. The fourth-order valence-electron chi connectivity index (χ4n) is 6.35. The lowest BCUT2D eigenvalue weighted by atomic mass is 9.81. The van der Waals surface area contributed by atoms with Gasteiger partial charge in [-0.05, 0) is 106 Å². The van der Waals surface area contributed by atoms with Gasteiger partial charge in [0, 0.05) is 29.4 Å². The second kappa shape index (κ2) is 20.3. The average molecular weight is 797 g/mol. The van der Waals surface area contributed by atoms with E-state index in [1.54, 1.807) is 0 Å². The van der Waals surface area contributed by atoms with E-state index < -0.39 is 0 Å². The molecule has 0 saturated carbocycles. The number of carbonyl (C=O) groups is 2. The van der Waals surface area contributed by atoms with Gasteiger partial charge < -0.3 is 0 Å². The molecule has 1 aliphatic rings. The minimum Gasteiger partial charge on any atom is -0.289 e. The summed E-state index contributed by atoms with van der Waals surface area (Å²) in [6.07, 6.45) is 28.5. The molecule has 4 heteroatoms. The zero-order valence-electron chi connectivity index (χ0n) is 26.4. The number of fused-ring (bicyclic) bond motifs is 2. The van der Waals surface area contributed by atoms with Crippen LogP contribution in [0.5, 0.6) is 0 Å². The molecule has 0 unspecified atom stereocenters. The number of unbranched alkanes of at least 4 members (excludes halogenated alkanes) is 18. The predicted molar refractivity (Wildman–Crippen MR) is 196 cm³/mol. The van der Waals surface area contributed by atoms with E-state index in [0.29, 0.717) is 22.3 Å². The molecule has 0 aliphatic heterocycles. The van der Waals surface area contributed by atoms with Crippen molar-refractivity contribution in [3.8, 4) is 0 Å². The van der Waals surface area contributed by atoms with E-state index >= 15 is 0 Å². The van der Waals surface area contributed by atoms with Crippen LogP contribution < -0.4 is 0 Å². The summed E-state index contributed by atoms with van der Waals surface area (Å²) < 4.78 is 2.06. The Morgan fingerprint density at radius 3 is 0.976 bits per heavy atom. The van der Waals surface area contributed by atoms with Crippen LogP contribution in [0.15, 0.2) is 24.3 Å². The summed E-state index contributed by atoms with van der Waals surface area (Å²) in [6, 6.07) is 8.01. The average Bonchev–Trinajstić information content (AvgIpc) is 2.99. The van der Waals surface area contributed by atoms with Gasteiger partial charge in [0.2, 0.25) is 0 Å². The van der Waals surface area contributed by atoms with Gasteiger partial charge in [-0.2, -0.15) is 0 Å². The van der Waals surface area contributed by atoms with Gasteiger partial charge in [0.05, 0.1) is 0 Å². The number of benzene rings is 2. The smallest absolute Gasteiger partial charge is 0.194 e. The number of hydrogen-bond donors (Lipinski definition) is 0. The molecule has 0 amide bonds. The van der Waals surface area contributed by atoms with Crippen LogP contribution in [0.25, 0.3) is 0 Å². The number of rotatable bonds is 22. The Balaban J connectivity index is 1.60. The third-order valence-corrected chi connectivity index (χ3v) is 11.8. The Labute approximate surface area is 284 Å². The van der Waals surface area contributed by atoms with Gasteiger partial charge in [0.1, 0.15) is 0 Å². The van der Waals surface area contributed by atoms with Crippen molar-refractivity contribution in [3.05, 3.63) is 64.8 Å². The number of hydrogen-bond acceptors (Lipinski definition) is 2. The molecule has 0 aromatic heterocycles. The van der Waals surface area contributed by atoms with Crippen LogP contribution >= 0.6 is 45.2 Å². The fraction of sp³-hybridized carbons (Fsp3) is 0.632. The van der Waals surface area contributed by atoms with E-state index in [9.17, 15) is 9.59 Å². The van der Waals surface area contributed by atoms with Crippen molar-refractivity contribution in [1.29, 1.82) is 0 Å². The molecule has 2 aromatic rings. The molecule has 0 heterocycles. The summed E-state index contributed by atoms with van der Waals surface area (Å²) in [5.74, 6) is 0.0347. The minimum absolute atomic E-state index is 0.0173. The third kappa shape index (κ3) is 11.3. The number of ketones is 2. The van der Waals surface area contributed by atoms with Gasteiger partial charge in [0.25, 0.3) is 0 Å². The van der Waals surface area contributed by atoms with Gasteiger partial charge in [-0.25, -0.2) is 0 Å². The van der Waals surface area contributed by atoms with Crippen LogP contribution in [0.2, 0.25) is 0 Å². The Kier molecular flexibility index (Phi) is 17.3. The van der Waals surface area contributed by atoms with Crippen molar-refractivity contribution in [2.45, 2.75) is 155 Å². The molecule has 1 aliphatic carbocycles. The molecule has 42 heavy (non-hydrogen) atoms. The molecule has 232 valence electrons. The van der Waals surface area contributed by atoms with Gasteiger partial charge in [0.15, 0.2) is 11.6 Å². The lowest BCUT2D eigenvalue weighted by Gasteiger charge is -2.21. The summed E-state index contributed by atoms with van der Waals surface area (Å²) in [5.41, 5.74) is 4.99. The zero-order chi connectivity index (χ0) is 30.2. The van der Waals surface area contributed by atoms with Crippen molar-refractivity contribution in [1.82, 2.24) is 0 Å². The Morgan fingerprint density at radius 2 is 0.667 bits per heavy atom. The van der Waals surface area contributed by atoms with Crippen molar-refractivity contribution in [2.75, 3.05) is 0 Å². The Morgan fingerprint density at radius 1 is 0.405 bits per heavy atom. The maximum atomic E-state index is 13.6. The molecule has 3 rings (SSSR count). The van der Waals surface area contributed by atoms with Gasteiger partial charge in [-0.15, -0.1) is 0 Å². The summed E-state index contributed by atoms with van der Waals surface area (Å²) in [5, 5.41) is 0. The highest BCUT2D eigenvalue weighted by Gasteiger charge is 2.31. The second-order valence-corrected chi connectivity index (χ2v) is 14.8. The topological polar surface area (TPSA) is 34.1 Å². The normalized spacial score (nSPS) is 12.6. The van der Waals surface area contributed by atoms with Crippen LogP contribution in [0.4, 0.5) is 0 Å². The molecule has 0 radical (unpaired) electrons. The van der Waals surface area contributed by atoms with Gasteiger partial charge >= 0.3 is 0 Å². The van der Waals surface area contributed by atoms with Crippen LogP contribution in [0.3, 0.4) is 0 Å². The molecule has 0 spiro atoms. The summed E-state index contributed by atoms with van der Waals surface area (Å²) in [6.45, 7) is 4.55. The molecule has 0 atom stereocenters. The standard InChI is InChI=1S/C38H54I2O2/c1-3-5-7-9-11-13-15-17-19-21-23-29-25-31-32(38(42)34-28-36(40)35(39)27-33(34)37(31)41)26-30(29)24-22-20-18-16-14-12-10-8-6-4-2/h25-28H,3-24H2,1-2H3. The quantitative estimate of drug-likeness (QED) is 0.0750. The van der Waals surface area contributed by atoms with Crippen molar-refractivity contribution >= 4 is 56.7 Å². The molecule has 0 bridgehead atoms. The second-order valence-electron chi connectivity index (χ2n) is 12.5. The van der Waals surface area contributed by atoms with E-state index in [4.69, 9.17) is 0 Å². The summed E-state index contributed by atoms with van der Waals surface area (Å²) >= 11 is 4.52. The first-order chi connectivity index (χ1) is 20.5. The maximum absolute atomic E-state index is 13.6. The highest BCUT2D eigenvalue weighted by molar-refractivity contribution is 14.1. The molecule has 2 nitrogen and oxygen atoms in total. The lowest BCUT2D eigenvalue weighted by molar-refractivity contribution is 0.0979. The van der Waals surface area contributed by atoms with Crippen molar-refractivity contribution in [3.63, 3.8) is 0 Å². The van der Waals surface area contributed by atoms with Crippen LogP contribution in [-0.2, 0) is 12.8 Å². The first-order valence-electron chi connectivity index (χ1n) is 17.2. The third-order valence-electron chi connectivity index (χ3n) is 8.98. The van der Waals surface area contributed by atoms with E-state index in [0.717, 1.165) is 32.8 Å². The molecule has 0 N–H and O–H groups in total. The van der Waals surface area contributed by atoms with E-state index in [1.165, 1.54) is 127 Å². The number of carbonyl (C=O) groups excluding carboxylic acids is 2. The fourth-order valence-corrected chi connectivity index (χ4v) is 7.28. The van der Waals surface area contributed by atoms with E-state index in [2.05, 4.69) is 71.2 Å². The number of halogens is 2. The Bertz CT molecular complexity index is 1050. The van der Waals surface area contributed by atoms with Crippen LogP contribution in [-0.4, -0.2) is 11.6 Å². The molecule has 0 saturated heterocycles. The maximum Gasteiger partial charge on any atom is 0.194 e. The van der Waals surface area contributed by atoms with E-state index in [1.807, 2.05) is 12.1 Å². The van der Waals surface area contributed by atoms with Gasteiger partial charge in [-0.3, -0.25) is 9.59 Å². The van der Waals surface area contributed by atoms with Gasteiger partial charge in [-0.1, -0.05) is 129 Å². The molecule has 2 aromatic carbocycles. The first-order valence-corrected chi connectivity index (χ1v) is 19.4. The lowest BCUT2D eigenvalue weighted by Crippen LogP contribution is -2.22. The highest BCUT2D eigenvalue weighted by Crippen LogP contribution is 2.33. The zero-order valence-corrected chi connectivity index (χ0v) is 30.8. The molecular weight excluding hydrogens is 742 g/mol. The SMILES string of the molecule is CCCCCCCCCCCCc1cc2c(cc1CCCCCCCCCCCC)C(=O)c1cc(I)c(I)cc1C2=O. The molecule has 0 fully saturated rings. The monoisotopic (exact) mass is 796 g/mol. The predicted octanol–water partition coefficient (Wildman–Crippen LogP) is 12.6. The van der Waals surface area contributed by atoms with Crippen LogP contribution in [0, 0.1) is 7.14 Å². The largest absolute Gasteiger partial charge is 0.289 e. The summed E-state index contributed by atoms with van der Waals surface area (Å²) in [7, 11) is 0. The minimum atomic E-state index is 0.0173. The summed E-state index contributed by atoms with van der Waals surface area (Å²) in [4.78, 5) is 27.2. The van der Waals surface area contributed by atoms with Crippen molar-refractivity contribution in [2.24, 2.45) is 0 Å². The first kappa shape index (κ1) is 35.7. The van der Waals surface area contributed by atoms with E-state index in [-0.39, 0.29) is 11.6 Å². The van der Waals surface area contributed by atoms with Crippen LogP contribution in [0.1, 0.15) is 185 Å².